The van der Waals surface area contributed by atoms with Crippen LogP contribution < -0.4 is 5.32 Å². The zero-order valence-corrected chi connectivity index (χ0v) is 8.11. The van der Waals surface area contributed by atoms with E-state index in [0.29, 0.717) is 0 Å². The minimum Gasteiger partial charge on any atom is -0.310 e. The molecule has 1 aromatic carbocycles. The Kier molecular flexibility index (Phi) is 2.50. The largest absolute Gasteiger partial charge is 0.310 e. The van der Waals surface area contributed by atoms with Gasteiger partial charge < -0.3 is 5.32 Å². The number of rotatable bonds is 1. The second-order valence-electron chi connectivity index (χ2n) is 3.63. The first-order valence-electron chi connectivity index (χ1n) is 4.93. The van der Waals surface area contributed by atoms with E-state index in [-0.39, 0.29) is 6.04 Å². The third-order valence-corrected chi connectivity index (χ3v) is 2.75. The Labute approximate surface area is 82.1 Å². The van der Waals surface area contributed by atoms with Crippen molar-refractivity contribution in [1.82, 2.24) is 5.32 Å². The summed E-state index contributed by atoms with van der Waals surface area (Å²) in [5.41, 5.74) is 1.85. The Morgan fingerprint density at radius 3 is 2.79 bits per heavy atom. The van der Waals surface area contributed by atoms with Gasteiger partial charge in [0.15, 0.2) is 11.6 Å². The van der Waals surface area contributed by atoms with E-state index in [0.717, 1.165) is 30.5 Å². The molecular formula is C11H13F2N. The van der Waals surface area contributed by atoms with Crippen molar-refractivity contribution in [2.45, 2.75) is 25.8 Å². The second-order valence-corrected chi connectivity index (χ2v) is 3.63. The Hall–Kier alpha value is -0.960. The molecule has 0 fully saturated rings. The smallest absolute Gasteiger partial charge is 0.159 e. The van der Waals surface area contributed by atoms with E-state index in [1.54, 1.807) is 0 Å². The van der Waals surface area contributed by atoms with Crippen LogP contribution in [0.1, 0.15) is 30.5 Å². The zero-order valence-electron chi connectivity index (χ0n) is 8.11. The summed E-state index contributed by atoms with van der Waals surface area (Å²) < 4.78 is 26.0. The standard InChI is InChI=1S/C11H13F2N/c1-2-11-8-6-10(13)9(12)5-7(8)3-4-14-11/h5-6,11,14H,2-4H2,1H3/t11-/m0/s1. The van der Waals surface area contributed by atoms with E-state index in [4.69, 9.17) is 0 Å². The van der Waals surface area contributed by atoms with E-state index in [1.165, 1.54) is 12.1 Å². The predicted molar refractivity (Wildman–Crippen MR) is 51.1 cm³/mol. The van der Waals surface area contributed by atoms with Gasteiger partial charge in [0.05, 0.1) is 0 Å². The lowest BCUT2D eigenvalue weighted by atomic mass is 9.93. The van der Waals surface area contributed by atoms with Crippen molar-refractivity contribution in [1.29, 1.82) is 0 Å². The third-order valence-electron chi connectivity index (χ3n) is 2.75. The summed E-state index contributed by atoms with van der Waals surface area (Å²) >= 11 is 0. The van der Waals surface area contributed by atoms with E-state index in [9.17, 15) is 8.78 Å². The lowest BCUT2D eigenvalue weighted by Crippen LogP contribution is -2.29. The van der Waals surface area contributed by atoms with E-state index >= 15 is 0 Å². The van der Waals surface area contributed by atoms with Crippen LogP contribution in [0.4, 0.5) is 8.78 Å². The molecule has 14 heavy (non-hydrogen) atoms. The molecule has 1 aliphatic heterocycles. The maximum atomic E-state index is 13.0. The van der Waals surface area contributed by atoms with Crippen molar-refractivity contribution in [2.75, 3.05) is 6.54 Å². The Morgan fingerprint density at radius 1 is 1.36 bits per heavy atom. The Bertz CT molecular complexity index is 349. The van der Waals surface area contributed by atoms with Crippen molar-refractivity contribution >= 4 is 0 Å². The quantitative estimate of drug-likeness (QED) is 0.729. The molecule has 0 amide bonds. The van der Waals surface area contributed by atoms with Gasteiger partial charge in [-0.2, -0.15) is 0 Å². The summed E-state index contributed by atoms with van der Waals surface area (Å²) in [4.78, 5) is 0. The number of halogens is 2. The minimum atomic E-state index is -0.745. The molecule has 0 aromatic heterocycles. The topological polar surface area (TPSA) is 12.0 Å². The predicted octanol–water partition coefficient (Wildman–Crippen LogP) is 2.56. The maximum absolute atomic E-state index is 13.0. The highest BCUT2D eigenvalue weighted by atomic mass is 19.2. The van der Waals surface area contributed by atoms with Crippen molar-refractivity contribution in [3.05, 3.63) is 34.9 Å². The Balaban J connectivity index is 2.47. The monoisotopic (exact) mass is 197 g/mol. The van der Waals surface area contributed by atoms with Gasteiger partial charge in [-0.1, -0.05) is 6.92 Å². The van der Waals surface area contributed by atoms with Gasteiger partial charge in [-0.05, 0) is 42.6 Å². The first-order valence-corrected chi connectivity index (χ1v) is 4.93. The molecule has 0 bridgehead atoms. The average molecular weight is 197 g/mol. The van der Waals surface area contributed by atoms with Gasteiger partial charge in [0, 0.05) is 6.04 Å². The summed E-state index contributed by atoms with van der Waals surface area (Å²) in [5, 5.41) is 3.28. The Morgan fingerprint density at radius 2 is 2.07 bits per heavy atom. The van der Waals surface area contributed by atoms with Crippen molar-refractivity contribution in [3.63, 3.8) is 0 Å². The number of nitrogens with one attached hydrogen (secondary N) is 1. The van der Waals surface area contributed by atoms with Crippen LogP contribution in [0.2, 0.25) is 0 Å². The molecule has 0 spiro atoms. The van der Waals surface area contributed by atoms with Crippen molar-refractivity contribution < 1.29 is 8.78 Å². The molecular weight excluding hydrogens is 184 g/mol. The lowest BCUT2D eigenvalue weighted by Gasteiger charge is -2.26. The zero-order chi connectivity index (χ0) is 10.1. The second kappa shape index (κ2) is 3.65. The van der Waals surface area contributed by atoms with Crippen molar-refractivity contribution in [2.24, 2.45) is 0 Å². The molecule has 0 saturated carbocycles. The highest BCUT2D eigenvalue weighted by Crippen LogP contribution is 2.27. The molecule has 1 nitrogen and oxygen atoms in total. The average Bonchev–Trinajstić information content (AvgIpc) is 2.19. The first-order chi connectivity index (χ1) is 6.72. The summed E-state index contributed by atoms with van der Waals surface area (Å²) in [5.74, 6) is -1.48. The van der Waals surface area contributed by atoms with Gasteiger partial charge in [-0.25, -0.2) is 8.78 Å². The SMILES string of the molecule is CC[C@@H]1NCCc2cc(F)c(F)cc21. The molecule has 1 aromatic rings. The van der Waals surface area contributed by atoms with Gasteiger partial charge in [0.1, 0.15) is 0 Å². The number of hydrogen-bond acceptors (Lipinski definition) is 1. The molecule has 1 heterocycles. The molecule has 0 unspecified atom stereocenters. The molecule has 2 rings (SSSR count). The van der Waals surface area contributed by atoms with E-state index in [2.05, 4.69) is 5.32 Å². The molecule has 0 aliphatic carbocycles. The van der Waals surface area contributed by atoms with Crippen LogP contribution in [0, 0.1) is 11.6 Å². The van der Waals surface area contributed by atoms with Gasteiger partial charge >= 0.3 is 0 Å². The summed E-state index contributed by atoms with van der Waals surface area (Å²) in [6.07, 6.45) is 1.68. The highest BCUT2D eigenvalue weighted by molar-refractivity contribution is 5.33. The van der Waals surface area contributed by atoms with Gasteiger partial charge in [0.25, 0.3) is 0 Å². The molecule has 3 heteroatoms. The van der Waals surface area contributed by atoms with E-state index < -0.39 is 11.6 Å². The number of fused-ring (bicyclic) bond motifs is 1. The van der Waals surface area contributed by atoms with Gasteiger partial charge in [-0.3, -0.25) is 0 Å². The van der Waals surface area contributed by atoms with Crippen LogP contribution in [0.25, 0.3) is 0 Å². The van der Waals surface area contributed by atoms with Gasteiger partial charge in [0.2, 0.25) is 0 Å². The third kappa shape index (κ3) is 1.52. The number of benzene rings is 1. The molecule has 0 saturated heterocycles. The van der Waals surface area contributed by atoms with Crippen LogP contribution in [-0.2, 0) is 6.42 Å². The normalized spacial score (nSPS) is 20.6. The minimum absolute atomic E-state index is 0.175. The van der Waals surface area contributed by atoms with Crippen LogP contribution in [0.5, 0.6) is 0 Å². The maximum Gasteiger partial charge on any atom is 0.159 e. The van der Waals surface area contributed by atoms with Crippen LogP contribution >= 0.6 is 0 Å². The molecule has 76 valence electrons. The summed E-state index contributed by atoms with van der Waals surface area (Å²) in [7, 11) is 0. The molecule has 1 N–H and O–H groups in total. The molecule has 1 atom stereocenters. The van der Waals surface area contributed by atoms with Crippen LogP contribution in [0.3, 0.4) is 0 Å². The van der Waals surface area contributed by atoms with Crippen LogP contribution in [-0.4, -0.2) is 6.54 Å². The van der Waals surface area contributed by atoms with Crippen molar-refractivity contribution in [3.8, 4) is 0 Å². The number of hydrogen-bond donors (Lipinski definition) is 1. The molecule has 0 radical (unpaired) electrons. The highest BCUT2D eigenvalue weighted by Gasteiger charge is 2.20. The van der Waals surface area contributed by atoms with Gasteiger partial charge in [-0.15, -0.1) is 0 Å². The molecule has 1 aliphatic rings. The fourth-order valence-electron chi connectivity index (χ4n) is 2.00. The lowest BCUT2D eigenvalue weighted by molar-refractivity contribution is 0.467. The summed E-state index contributed by atoms with van der Waals surface area (Å²) in [6, 6.07) is 2.83. The summed E-state index contributed by atoms with van der Waals surface area (Å²) in [6.45, 7) is 2.88. The van der Waals surface area contributed by atoms with Crippen LogP contribution in [0.15, 0.2) is 12.1 Å². The fraction of sp³-hybridized carbons (Fsp3) is 0.455. The first kappa shape index (κ1) is 9.59. The van der Waals surface area contributed by atoms with E-state index in [1.807, 2.05) is 6.92 Å². The fourth-order valence-corrected chi connectivity index (χ4v) is 2.00.